The van der Waals surface area contributed by atoms with E-state index in [4.69, 9.17) is 0 Å². The summed E-state index contributed by atoms with van der Waals surface area (Å²) >= 11 is 0. The van der Waals surface area contributed by atoms with Gasteiger partial charge in [-0.05, 0) is 47.0 Å². The van der Waals surface area contributed by atoms with Crippen LogP contribution in [0.4, 0.5) is 0 Å². The first-order chi connectivity index (χ1) is 7.43. The van der Waals surface area contributed by atoms with E-state index in [1.54, 1.807) is 0 Å². The highest BCUT2D eigenvalue weighted by molar-refractivity contribution is 5.07. The molecule has 3 heteroatoms. The van der Waals surface area contributed by atoms with Crippen molar-refractivity contribution in [2.45, 2.75) is 32.4 Å². The number of hydrogen-bond donors (Lipinski definition) is 1. The van der Waals surface area contributed by atoms with Gasteiger partial charge in [0.15, 0.2) is 0 Å². The van der Waals surface area contributed by atoms with Crippen LogP contribution >= 0.6 is 0 Å². The molecule has 90 valence electrons. The molecule has 1 unspecified atom stereocenters. The highest BCUT2D eigenvalue weighted by Gasteiger charge is 2.21. The van der Waals surface area contributed by atoms with Gasteiger partial charge in [-0.25, -0.2) is 0 Å². The standard InChI is InChI=1S/C13H23N3/c1-11(12-8-6-7-9-14-12)15-10-13(2,3)16(4)5/h6-9,11,15H,10H2,1-5H3. The van der Waals surface area contributed by atoms with E-state index < -0.39 is 0 Å². The maximum absolute atomic E-state index is 4.35. The smallest absolute Gasteiger partial charge is 0.0570 e. The molecular formula is C13H23N3. The Kier molecular flexibility index (Phi) is 4.44. The summed E-state index contributed by atoms with van der Waals surface area (Å²) in [5, 5.41) is 3.52. The molecule has 0 aromatic carbocycles. The molecule has 0 fully saturated rings. The van der Waals surface area contributed by atoms with Crippen LogP contribution in [-0.2, 0) is 0 Å². The van der Waals surface area contributed by atoms with E-state index >= 15 is 0 Å². The summed E-state index contributed by atoms with van der Waals surface area (Å²) in [5.41, 5.74) is 1.25. The lowest BCUT2D eigenvalue weighted by atomic mass is 10.0. The zero-order valence-corrected chi connectivity index (χ0v) is 11.0. The predicted molar refractivity (Wildman–Crippen MR) is 68.4 cm³/mol. The van der Waals surface area contributed by atoms with E-state index in [-0.39, 0.29) is 5.54 Å². The Morgan fingerprint density at radius 1 is 1.38 bits per heavy atom. The fraction of sp³-hybridized carbons (Fsp3) is 0.615. The second-order valence-corrected chi connectivity index (χ2v) is 5.06. The van der Waals surface area contributed by atoms with Crippen LogP contribution in [0.1, 0.15) is 32.5 Å². The van der Waals surface area contributed by atoms with Crippen molar-refractivity contribution < 1.29 is 0 Å². The zero-order chi connectivity index (χ0) is 12.2. The fourth-order valence-corrected chi connectivity index (χ4v) is 1.30. The summed E-state index contributed by atoms with van der Waals surface area (Å²) < 4.78 is 0. The van der Waals surface area contributed by atoms with Crippen LogP contribution in [0.5, 0.6) is 0 Å². The average Bonchev–Trinajstić information content (AvgIpc) is 2.27. The molecule has 3 nitrogen and oxygen atoms in total. The second kappa shape index (κ2) is 5.41. The Bertz CT molecular complexity index is 306. The molecule has 0 aliphatic carbocycles. The summed E-state index contributed by atoms with van der Waals surface area (Å²) in [4.78, 5) is 6.58. The summed E-state index contributed by atoms with van der Waals surface area (Å²) in [5.74, 6) is 0. The van der Waals surface area contributed by atoms with Crippen LogP contribution in [0.2, 0.25) is 0 Å². The first-order valence-electron chi connectivity index (χ1n) is 5.75. The predicted octanol–water partition coefficient (Wildman–Crippen LogP) is 2.07. The third-order valence-corrected chi connectivity index (χ3v) is 3.18. The zero-order valence-electron chi connectivity index (χ0n) is 11.0. The van der Waals surface area contributed by atoms with Crippen molar-refractivity contribution in [3.63, 3.8) is 0 Å². The molecule has 16 heavy (non-hydrogen) atoms. The lowest BCUT2D eigenvalue weighted by Gasteiger charge is -2.33. The van der Waals surface area contributed by atoms with E-state index in [1.165, 1.54) is 0 Å². The minimum absolute atomic E-state index is 0.156. The van der Waals surface area contributed by atoms with Gasteiger partial charge in [0.25, 0.3) is 0 Å². The summed E-state index contributed by atoms with van der Waals surface area (Å²) in [6.07, 6.45) is 1.84. The van der Waals surface area contributed by atoms with E-state index in [1.807, 2.05) is 18.3 Å². The molecule has 1 aromatic heterocycles. The van der Waals surface area contributed by atoms with Crippen LogP contribution in [0, 0.1) is 0 Å². The molecular weight excluding hydrogens is 198 g/mol. The summed E-state index contributed by atoms with van der Waals surface area (Å²) in [7, 11) is 4.21. The molecule has 0 radical (unpaired) electrons. The molecule has 0 bridgehead atoms. The number of hydrogen-bond acceptors (Lipinski definition) is 3. The molecule has 0 amide bonds. The SMILES string of the molecule is CC(NCC(C)(C)N(C)C)c1ccccn1. The summed E-state index contributed by atoms with van der Waals surface area (Å²) in [6, 6.07) is 6.32. The van der Waals surface area contributed by atoms with Crippen molar-refractivity contribution in [3.05, 3.63) is 30.1 Å². The highest BCUT2D eigenvalue weighted by Crippen LogP contribution is 2.12. The number of pyridine rings is 1. The van der Waals surface area contributed by atoms with Gasteiger partial charge in [-0.1, -0.05) is 6.07 Å². The Hall–Kier alpha value is -0.930. The molecule has 0 aliphatic rings. The normalized spacial score (nSPS) is 14.1. The molecule has 0 saturated carbocycles. The number of aromatic nitrogens is 1. The number of nitrogens with zero attached hydrogens (tertiary/aromatic N) is 2. The van der Waals surface area contributed by atoms with Gasteiger partial charge >= 0.3 is 0 Å². The van der Waals surface area contributed by atoms with Crippen molar-refractivity contribution in [1.29, 1.82) is 0 Å². The molecule has 0 spiro atoms. The Labute approximate surface area is 98.9 Å². The van der Waals surface area contributed by atoms with Crippen LogP contribution in [0.15, 0.2) is 24.4 Å². The third-order valence-electron chi connectivity index (χ3n) is 3.18. The van der Waals surface area contributed by atoms with Crippen molar-refractivity contribution in [2.75, 3.05) is 20.6 Å². The fourth-order valence-electron chi connectivity index (χ4n) is 1.30. The van der Waals surface area contributed by atoms with Crippen LogP contribution < -0.4 is 5.32 Å². The molecule has 0 saturated heterocycles. The largest absolute Gasteiger partial charge is 0.307 e. The molecule has 1 rings (SSSR count). The van der Waals surface area contributed by atoms with Gasteiger partial charge in [-0.15, -0.1) is 0 Å². The molecule has 0 aliphatic heterocycles. The second-order valence-electron chi connectivity index (χ2n) is 5.06. The van der Waals surface area contributed by atoms with Crippen LogP contribution in [-0.4, -0.2) is 36.1 Å². The van der Waals surface area contributed by atoms with Gasteiger partial charge in [-0.3, -0.25) is 4.98 Å². The average molecular weight is 221 g/mol. The van der Waals surface area contributed by atoms with Gasteiger partial charge in [-0.2, -0.15) is 0 Å². The monoisotopic (exact) mass is 221 g/mol. The maximum Gasteiger partial charge on any atom is 0.0570 e. The Morgan fingerprint density at radius 3 is 2.56 bits per heavy atom. The third kappa shape index (κ3) is 3.58. The van der Waals surface area contributed by atoms with Gasteiger partial charge in [0.05, 0.1) is 5.69 Å². The van der Waals surface area contributed by atoms with Gasteiger partial charge in [0, 0.05) is 24.3 Å². The number of rotatable bonds is 5. The van der Waals surface area contributed by atoms with Crippen molar-refractivity contribution in [2.24, 2.45) is 0 Å². The first-order valence-corrected chi connectivity index (χ1v) is 5.75. The minimum Gasteiger partial charge on any atom is -0.307 e. The van der Waals surface area contributed by atoms with Crippen LogP contribution in [0.3, 0.4) is 0 Å². The maximum atomic E-state index is 4.35. The van der Waals surface area contributed by atoms with Gasteiger partial charge in [0.1, 0.15) is 0 Å². The quantitative estimate of drug-likeness (QED) is 0.825. The van der Waals surface area contributed by atoms with Crippen molar-refractivity contribution in [3.8, 4) is 0 Å². The Balaban J connectivity index is 2.51. The lowest BCUT2D eigenvalue weighted by Crippen LogP contribution is -2.47. The van der Waals surface area contributed by atoms with Crippen molar-refractivity contribution >= 4 is 0 Å². The Morgan fingerprint density at radius 2 is 2.06 bits per heavy atom. The van der Waals surface area contributed by atoms with Crippen LogP contribution in [0.25, 0.3) is 0 Å². The number of likely N-dealkylation sites (N-methyl/N-ethyl adjacent to an activating group) is 1. The molecule has 1 heterocycles. The van der Waals surface area contributed by atoms with E-state index in [9.17, 15) is 0 Å². The topological polar surface area (TPSA) is 28.2 Å². The van der Waals surface area contributed by atoms with E-state index in [0.29, 0.717) is 6.04 Å². The molecule has 1 aromatic rings. The van der Waals surface area contributed by atoms with Crippen molar-refractivity contribution in [1.82, 2.24) is 15.2 Å². The number of nitrogens with one attached hydrogen (secondary N) is 1. The minimum atomic E-state index is 0.156. The van der Waals surface area contributed by atoms with Gasteiger partial charge in [0.2, 0.25) is 0 Å². The van der Waals surface area contributed by atoms with Gasteiger partial charge < -0.3 is 10.2 Å². The first kappa shape index (κ1) is 13.1. The van der Waals surface area contributed by atoms with E-state index in [2.05, 4.69) is 56.1 Å². The summed E-state index contributed by atoms with van der Waals surface area (Å²) in [6.45, 7) is 7.54. The van der Waals surface area contributed by atoms with E-state index in [0.717, 1.165) is 12.2 Å². The highest BCUT2D eigenvalue weighted by atomic mass is 15.2. The molecule has 1 atom stereocenters. The molecule has 1 N–H and O–H groups in total. The lowest BCUT2D eigenvalue weighted by molar-refractivity contribution is 0.185.